The Balaban J connectivity index is 1.46. The van der Waals surface area contributed by atoms with E-state index in [1.807, 2.05) is 35.2 Å². The average Bonchev–Trinajstić information content (AvgIpc) is 2.68. The molecule has 0 unspecified atom stereocenters. The summed E-state index contributed by atoms with van der Waals surface area (Å²) in [6.07, 6.45) is 1.75. The molecule has 25 heavy (non-hydrogen) atoms. The molecule has 0 atom stereocenters. The minimum atomic E-state index is -0.236. The number of amides is 1. The fourth-order valence-corrected chi connectivity index (χ4v) is 3.18. The van der Waals surface area contributed by atoms with Crippen molar-refractivity contribution in [2.45, 2.75) is 0 Å². The standard InChI is InChI=1S/C20H18FN3O/c21-17-5-7-18(8-6-17)23-9-11-24(12-10-23)20(25)19-13-15-3-1-2-4-16(15)14-22-19/h1-8,13-14H,9-12H2. The number of hydrogen-bond acceptors (Lipinski definition) is 3. The van der Waals surface area contributed by atoms with Crippen LogP contribution in [0.5, 0.6) is 0 Å². The van der Waals surface area contributed by atoms with Crippen molar-refractivity contribution >= 4 is 22.4 Å². The molecule has 126 valence electrons. The van der Waals surface area contributed by atoms with Gasteiger partial charge in [-0.25, -0.2) is 4.39 Å². The van der Waals surface area contributed by atoms with E-state index in [9.17, 15) is 9.18 Å². The minimum Gasteiger partial charge on any atom is -0.368 e. The molecule has 2 heterocycles. The monoisotopic (exact) mass is 335 g/mol. The molecule has 1 amide bonds. The van der Waals surface area contributed by atoms with E-state index in [2.05, 4.69) is 9.88 Å². The molecule has 5 heteroatoms. The van der Waals surface area contributed by atoms with E-state index in [4.69, 9.17) is 0 Å². The molecular weight excluding hydrogens is 317 g/mol. The van der Waals surface area contributed by atoms with E-state index in [1.54, 1.807) is 18.3 Å². The maximum atomic E-state index is 13.0. The zero-order valence-corrected chi connectivity index (χ0v) is 13.7. The van der Waals surface area contributed by atoms with Crippen LogP contribution in [0.3, 0.4) is 0 Å². The molecule has 0 spiro atoms. The fourth-order valence-electron chi connectivity index (χ4n) is 3.18. The Labute approximate surface area is 145 Å². The van der Waals surface area contributed by atoms with Crippen molar-refractivity contribution < 1.29 is 9.18 Å². The van der Waals surface area contributed by atoms with Gasteiger partial charge >= 0.3 is 0 Å². The van der Waals surface area contributed by atoms with Crippen LogP contribution in [0.15, 0.2) is 60.8 Å². The number of benzene rings is 2. The number of carbonyl (C=O) groups excluding carboxylic acids is 1. The van der Waals surface area contributed by atoms with Gasteiger partial charge in [0.15, 0.2) is 0 Å². The zero-order valence-electron chi connectivity index (χ0n) is 13.7. The van der Waals surface area contributed by atoms with Crippen molar-refractivity contribution in [1.29, 1.82) is 0 Å². The summed E-state index contributed by atoms with van der Waals surface area (Å²) in [7, 11) is 0. The van der Waals surface area contributed by atoms with Crippen LogP contribution in [0.25, 0.3) is 10.8 Å². The second-order valence-corrected chi connectivity index (χ2v) is 6.17. The largest absolute Gasteiger partial charge is 0.368 e. The highest BCUT2D eigenvalue weighted by atomic mass is 19.1. The third kappa shape index (κ3) is 3.18. The van der Waals surface area contributed by atoms with Crippen molar-refractivity contribution in [1.82, 2.24) is 9.88 Å². The van der Waals surface area contributed by atoms with Gasteiger partial charge in [0, 0.05) is 43.4 Å². The number of halogens is 1. The van der Waals surface area contributed by atoms with Crippen molar-refractivity contribution in [2.24, 2.45) is 0 Å². The number of nitrogens with zero attached hydrogens (tertiary/aromatic N) is 3. The third-order valence-corrected chi connectivity index (χ3v) is 4.61. The minimum absolute atomic E-state index is 0.0375. The molecule has 0 aliphatic carbocycles. The van der Waals surface area contributed by atoms with Crippen LogP contribution >= 0.6 is 0 Å². The number of pyridine rings is 1. The summed E-state index contributed by atoms with van der Waals surface area (Å²) in [5, 5.41) is 2.05. The number of fused-ring (bicyclic) bond motifs is 1. The molecule has 1 aliphatic heterocycles. The lowest BCUT2D eigenvalue weighted by Crippen LogP contribution is -2.49. The molecule has 2 aromatic carbocycles. The molecule has 1 fully saturated rings. The summed E-state index contributed by atoms with van der Waals surface area (Å²) in [5.41, 5.74) is 1.46. The van der Waals surface area contributed by atoms with E-state index in [-0.39, 0.29) is 11.7 Å². The van der Waals surface area contributed by atoms with Gasteiger partial charge < -0.3 is 9.80 Å². The molecule has 3 aromatic rings. The molecule has 4 rings (SSSR count). The average molecular weight is 335 g/mol. The van der Waals surface area contributed by atoms with Gasteiger partial charge in [0.2, 0.25) is 0 Å². The van der Waals surface area contributed by atoms with Gasteiger partial charge in [0.25, 0.3) is 5.91 Å². The number of aromatic nitrogens is 1. The highest BCUT2D eigenvalue weighted by molar-refractivity contribution is 5.96. The second kappa shape index (κ2) is 6.51. The fraction of sp³-hybridized carbons (Fsp3) is 0.200. The Hall–Kier alpha value is -2.95. The molecule has 1 aliphatic rings. The van der Waals surface area contributed by atoms with Crippen LogP contribution in [0.1, 0.15) is 10.5 Å². The van der Waals surface area contributed by atoms with Gasteiger partial charge in [-0.05, 0) is 35.7 Å². The Morgan fingerprint density at radius 3 is 2.32 bits per heavy atom. The van der Waals surface area contributed by atoms with Crippen LogP contribution in [0.4, 0.5) is 10.1 Å². The first-order valence-corrected chi connectivity index (χ1v) is 8.35. The highest BCUT2D eigenvalue weighted by Gasteiger charge is 2.23. The van der Waals surface area contributed by atoms with Gasteiger partial charge in [0.05, 0.1) is 0 Å². The van der Waals surface area contributed by atoms with Crippen LogP contribution < -0.4 is 4.90 Å². The van der Waals surface area contributed by atoms with Crippen LogP contribution in [0.2, 0.25) is 0 Å². The van der Waals surface area contributed by atoms with E-state index >= 15 is 0 Å². The summed E-state index contributed by atoms with van der Waals surface area (Å²) in [4.78, 5) is 21.0. The summed E-state index contributed by atoms with van der Waals surface area (Å²) in [6.45, 7) is 2.71. The number of anilines is 1. The predicted octanol–water partition coefficient (Wildman–Crippen LogP) is 3.34. The van der Waals surface area contributed by atoms with Crippen molar-refractivity contribution in [2.75, 3.05) is 31.1 Å². The van der Waals surface area contributed by atoms with Gasteiger partial charge in [-0.3, -0.25) is 9.78 Å². The summed E-state index contributed by atoms with van der Waals surface area (Å²) >= 11 is 0. The van der Waals surface area contributed by atoms with Crippen LogP contribution in [-0.2, 0) is 0 Å². The topological polar surface area (TPSA) is 36.4 Å². The molecule has 1 saturated heterocycles. The first kappa shape index (κ1) is 15.6. The number of hydrogen-bond donors (Lipinski definition) is 0. The summed E-state index contributed by atoms with van der Waals surface area (Å²) < 4.78 is 13.0. The quantitative estimate of drug-likeness (QED) is 0.721. The Morgan fingerprint density at radius 1 is 0.920 bits per heavy atom. The number of carbonyl (C=O) groups is 1. The molecule has 0 N–H and O–H groups in total. The first-order chi connectivity index (χ1) is 12.2. The van der Waals surface area contributed by atoms with E-state index in [0.29, 0.717) is 18.8 Å². The lowest BCUT2D eigenvalue weighted by atomic mass is 10.1. The lowest BCUT2D eigenvalue weighted by Gasteiger charge is -2.36. The Bertz CT molecular complexity index is 902. The van der Waals surface area contributed by atoms with E-state index in [1.165, 1.54) is 12.1 Å². The highest BCUT2D eigenvalue weighted by Crippen LogP contribution is 2.19. The van der Waals surface area contributed by atoms with E-state index in [0.717, 1.165) is 29.5 Å². The smallest absolute Gasteiger partial charge is 0.272 e. The van der Waals surface area contributed by atoms with Gasteiger partial charge in [-0.2, -0.15) is 0 Å². The maximum absolute atomic E-state index is 13.0. The second-order valence-electron chi connectivity index (χ2n) is 6.17. The molecule has 0 radical (unpaired) electrons. The van der Waals surface area contributed by atoms with Gasteiger partial charge in [-0.1, -0.05) is 24.3 Å². The summed E-state index contributed by atoms with van der Waals surface area (Å²) in [6, 6.07) is 16.2. The van der Waals surface area contributed by atoms with Crippen LogP contribution in [0, 0.1) is 5.82 Å². The number of piperazine rings is 1. The molecule has 0 bridgehead atoms. The van der Waals surface area contributed by atoms with Crippen LogP contribution in [-0.4, -0.2) is 42.0 Å². The molecule has 0 saturated carbocycles. The van der Waals surface area contributed by atoms with Gasteiger partial charge in [0.1, 0.15) is 11.5 Å². The number of rotatable bonds is 2. The van der Waals surface area contributed by atoms with Crippen molar-refractivity contribution in [3.05, 3.63) is 72.3 Å². The molecule has 4 nitrogen and oxygen atoms in total. The first-order valence-electron chi connectivity index (χ1n) is 8.35. The van der Waals surface area contributed by atoms with Gasteiger partial charge in [-0.15, -0.1) is 0 Å². The molecular formula is C20H18FN3O. The summed E-state index contributed by atoms with van der Waals surface area (Å²) in [5.74, 6) is -0.274. The molecule has 1 aromatic heterocycles. The maximum Gasteiger partial charge on any atom is 0.272 e. The lowest BCUT2D eigenvalue weighted by molar-refractivity contribution is 0.0741. The normalized spacial score (nSPS) is 14.8. The zero-order chi connectivity index (χ0) is 17.2. The van der Waals surface area contributed by atoms with Crippen molar-refractivity contribution in [3.63, 3.8) is 0 Å². The van der Waals surface area contributed by atoms with E-state index < -0.39 is 0 Å². The SMILES string of the molecule is O=C(c1cc2ccccc2cn1)N1CCN(c2ccc(F)cc2)CC1. The third-order valence-electron chi connectivity index (χ3n) is 4.61. The predicted molar refractivity (Wildman–Crippen MR) is 96.3 cm³/mol. The van der Waals surface area contributed by atoms with Crippen molar-refractivity contribution in [3.8, 4) is 0 Å². The Kier molecular flexibility index (Phi) is 4.06. The Morgan fingerprint density at radius 2 is 1.60 bits per heavy atom.